The minimum absolute atomic E-state index is 0.190. The van der Waals surface area contributed by atoms with Gasteiger partial charge in [0.15, 0.2) is 6.61 Å². The predicted molar refractivity (Wildman–Crippen MR) is 98.4 cm³/mol. The number of rotatable bonds is 5. The van der Waals surface area contributed by atoms with Crippen molar-refractivity contribution >= 4 is 15.9 Å². The summed E-state index contributed by atoms with van der Waals surface area (Å²) in [5.74, 6) is 0.123. The average molecular weight is 385 g/mol. The second-order valence-corrected chi connectivity index (χ2v) is 7.93. The smallest absolute Gasteiger partial charge is 0.260 e. The molecule has 3 rings (SSSR count). The van der Waals surface area contributed by atoms with Gasteiger partial charge in [-0.25, -0.2) is 8.42 Å². The maximum atomic E-state index is 12.6. The Morgan fingerprint density at radius 3 is 2.30 bits per heavy atom. The summed E-state index contributed by atoms with van der Waals surface area (Å²) in [7, 11) is -3.55. The SMILES string of the molecule is N#Cc1ccccc1OCC(=O)N1CCN(S(=O)(=O)c2ccccc2)CC1. The van der Waals surface area contributed by atoms with Gasteiger partial charge in [0, 0.05) is 26.2 Å². The molecule has 0 aliphatic carbocycles. The van der Waals surface area contributed by atoms with Crippen molar-refractivity contribution in [1.82, 2.24) is 9.21 Å². The van der Waals surface area contributed by atoms with Crippen molar-refractivity contribution < 1.29 is 17.9 Å². The zero-order chi connectivity index (χ0) is 19.3. The number of carbonyl (C=O) groups excluding carboxylic acids is 1. The molecule has 1 heterocycles. The average Bonchev–Trinajstić information content (AvgIpc) is 2.73. The number of benzene rings is 2. The Hall–Kier alpha value is -2.89. The molecule has 0 atom stereocenters. The topological polar surface area (TPSA) is 90.7 Å². The number of carbonyl (C=O) groups is 1. The Morgan fingerprint density at radius 2 is 1.63 bits per heavy atom. The van der Waals surface area contributed by atoms with E-state index in [1.807, 2.05) is 6.07 Å². The zero-order valence-corrected chi connectivity index (χ0v) is 15.4. The highest BCUT2D eigenvalue weighted by molar-refractivity contribution is 7.89. The number of amides is 1. The molecule has 0 unspecified atom stereocenters. The minimum atomic E-state index is -3.55. The minimum Gasteiger partial charge on any atom is -0.482 e. The molecule has 0 saturated carbocycles. The van der Waals surface area contributed by atoms with E-state index in [4.69, 9.17) is 10.00 Å². The van der Waals surface area contributed by atoms with Gasteiger partial charge in [-0.3, -0.25) is 4.79 Å². The van der Waals surface area contributed by atoms with Gasteiger partial charge in [0.05, 0.1) is 10.5 Å². The van der Waals surface area contributed by atoms with Gasteiger partial charge < -0.3 is 9.64 Å². The summed E-state index contributed by atoms with van der Waals surface area (Å²) < 4.78 is 32.1. The van der Waals surface area contributed by atoms with Crippen LogP contribution in [0.1, 0.15) is 5.56 Å². The standard InChI is InChI=1S/C19H19N3O4S/c20-14-16-6-4-5-9-18(16)26-15-19(23)21-10-12-22(13-11-21)27(24,25)17-7-2-1-3-8-17/h1-9H,10-13,15H2. The molecule has 2 aromatic rings. The number of ether oxygens (including phenoxy) is 1. The third-order valence-electron chi connectivity index (χ3n) is 4.33. The first-order valence-corrected chi connectivity index (χ1v) is 9.91. The fourth-order valence-electron chi connectivity index (χ4n) is 2.84. The predicted octanol–water partition coefficient (Wildman–Crippen LogP) is 1.47. The Kier molecular flexibility index (Phi) is 5.74. The quantitative estimate of drug-likeness (QED) is 0.777. The summed E-state index contributed by atoms with van der Waals surface area (Å²) in [6.45, 7) is 0.877. The normalized spacial score (nSPS) is 15.1. The summed E-state index contributed by atoms with van der Waals surface area (Å²) in [6, 6.07) is 17.0. The summed E-state index contributed by atoms with van der Waals surface area (Å²) in [5.41, 5.74) is 0.365. The molecule has 2 aromatic carbocycles. The van der Waals surface area contributed by atoms with Crippen molar-refractivity contribution in [1.29, 1.82) is 5.26 Å². The Labute approximate surface area is 158 Å². The molecule has 0 bridgehead atoms. The highest BCUT2D eigenvalue weighted by Crippen LogP contribution is 2.18. The molecule has 0 N–H and O–H groups in total. The van der Waals surface area contributed by atoms with Gasteiger partial charge in [-0.1, -0.05) is 30.3 Å². The van der Waals surface area contributed by atoms with Gasteiger partial charge in [-0.05, 0) is 24.3 Å². The second kappa shape index (κ2) is 8.20. The maximum absolute atomic E-state index is 12.6. The fraction of sp³-hybridized carbons (Fsp3) is 0.263. The zero-order valence-electron chi connectivity index (χ0n) is 14.6. The Balaban J connectivity index is 1.56. The molecule has 1 saturated heterocycles. The lowest BCUT2D eigenvalue weighted by molar-refractivity contribution is -0.134. The van der Waals surface area contributed by atoms with Crippen LogP contribution in [-0.2, 0) is 14.8 Å². The van der Waals surface area contributed by atoms with Crippen molar-refractivity contribution in [2.24, 2.45) is 0 Å². The van der Waals surface area contributed by atoms with E-state index in [2.05, 4.69) is 0 Å². The van der Waals surface area contributed by atoms with E-state index in [0.717, 1.165) is 0 Å². The number of piperazine rings is 1. The summed E-state index contributed by atoms with van der Waals surface area (Å²) in [4.78, 5) is 14.2. The van der Waals surface area contributed by atoms with Crippen LogP contribution in [0.4, 0.5) is 0 Å². The highest BCUT2D eigenvalue weighted by Gasteiger charge is 2.30. The van der Waals surface area contributed by atoms with E-state index in [0.29, 0.717) is 24.4 Å². The first-order chi connectivity index (χ1) is 13.0. The van der Waals surface area contributed by atoms with Gasteiger partial charge in [-0.15, -0.1) is 0 Å². The first kappa shape index (κ1) is 18.9. The van der Waals surface area contributed by atoms with Crippen molar-refractivity contribution in [2.75, 3.05) is 32.8 Å². The second-order valence-electron chi connectivity index (χ2n) is 5.99. The number of nitrogens with zero attached hydrogens (tertiary/aromatic N) is 3. The molecule has 7 nitrogen and oxygen atoms in total. The highest BCUT2D eigenvalue weighted by atomic mass is 32.2. The lowest BCUT2D eigenvalue weighted by Crippen LogP contribution is -2.51. The number of sulfonamides is 1. The third-order valence-corrected chi connectivity index (χ3v) is 6.24. The number of para-hydroxylation sites is 1. The van der Waals surface area contributed by atoms with E-state index in [9.17, 15) is 13.2 Å². The molecule has 1 aliphatic heterocycles. The van der Waals surface area contributed by atoms with Crippen molar-refractivity contribution in [2.45, 2.75) is 4.90 Å². The van der Waals surface area contributed by atoms with E-state index in [1.165, 1.54) is 4.31 Å². The number of nitriles is 1. The van der Waals surface area contributed by atoms with Gasteiger partial charge >= 0.3 is 0 Å². The van der Waals surface area contributed by atoms with Gasteiger partial charge in [0.25, 0.3) is 5.91 Å². The number of hydrogen-bond donors (Lipinski definition) is 0. The lowest BCUT2D eigenvalue weighted by atomic mass is 10.2. The van der Waals surface area contributed by atoms with Crippen LogP contribution < -0.4 is 4.74 Å². The number of hydrogen-bond acceptors (Lipinski definition) is 5. The Bertz CT molecular complexity index is 946. The molecule has 27 heavy (non-hydrogen) atoms. The van der Waals surface area contributed by atoms with Crippen LogP contribution in [-0.4, -0.2) is 56.3 Å². The monoisotopic (exact) mass is 385 g/mol. The molecular formula is C19H19N3O4S. The molecule has 1 aliphatic rings. The van der Waals surface area contributed by atoms with Crippen LogP contribution >= 0.6 is 0 Å². The molecule has 0 spiro atoms. The third kappa shape index (κ3) is 4.27. The van der Waals surface area contributed by atoms with E-state index in [-0.39, 0.29) is 30.5 Å². The van der Waals surface area contributed by atoms with E-state index in [1.54, 1.807) is 59.5 Å². The van der Waals surface area contributed by atoms with Gasteiger partial charge in [0.1, 0.15) is 11.8 Å². The van der Waals surface area contributed by atoms with Crippen LogP contribution in [0.15, 0.2) is 59.5 Å². The Morgan fingerprint density at radius 1 is 1.00 bits per heavy atom. The fourth-order valence-corrected chi connectivity index (χ4v) is 4.28. The summed E-state index contributed by atoms with van der Waals surface area (Å²) in [5, 5.41) is 9.04. The molecule has 140 valence electrons. The molecule has 1 amide bonds. The molecule has 1 fully saturated rings. The van der Waals surface area contributed by atoms with E-state index >= 15 is 0 Å². The van der Waals surface area contributed by atoms with Crippen molar-refractivity contribution in [3.8, 4) is 11.8 Å². The maximum Gasteiger partial charge on any atom is 0.260 e. The van der Waals surface area contributed by atoms with Crippen molar-refractivity contribution in [3.05, 3.63) is 60.2 Å². The summed E-state index contributed by atoms with van der Waals surface area (Å²) in [6.07, 6.45) is 0. The lowest BCUT2D eigenvalue weighted by Gasteiger charge is -2.34. The van der Waals surface area contributed by atoms with Crippen LogP contribution in [0.25, 0.3) is 0 Å². The van der Waals surface area contributed by atoms with Gasteiger partial charge in [0.2, 0.25) is 10.0 Å². The van der Waals surface area contributed by atoms with Crippen LogP contribution in [0.5, 0.6) is 5.75 Å². The van der Waals surface area contributed by atoms with Crippen molar-refractivity contribution in [3.63, 3.8) is 0 Å². The first-order valence-electron chi connectivity index (χ1n) is 8.47. The van der Waals surface area contributed by atoms with Gasteiger partial charge in [-0.2, -0.15) is 9.57 Å². The van der Waals surface area contributed by atoms with Crippen LogP contribution in [0.3, 0.4) is 0 Å². The molecular weight excluding hydrogens is 366 g/mol. The largest absolute Gasteiger partial charge is 0.482 e. The molecule has 0 radical (unpaired) electrons. The molecule has 0 aromatic heterocycles. The van der Waals surface area contributed by atoms with Crippen LogP contribution in [0.2, 0.25) is 0 Å². The molecule has 8 heteroatoms. The van der Waals surface area contributed by atoms with E-state index < -0.39 is 10.0 Å². The van der Waals surface area contributed by atoms with Crippen LogP contribution in [0, 0.1) is 11.3 Å². The summed E-state index contributed by atoms with van der Waals surface area (Å²) >= 11 is 0.